The molecule has 12 nitrogen and oxygen atoms in total. The van der Waals surface area contributed by atoms with Gasteiger partial charge in [0.15, 0.2) is 11.5 Å². The van der Waals surface area contributed by atoms with E-state index in [0.717, 1.165) is 6.08 Å². The van der Waals surface area contributed by atoms with E-state index >= 15 is 0 Å². The van der Waals surface area contributed by atoms with Gasteiger partial charge in [-0.25, -0.2) is 4.79 Å². The monoisotopic (exact) mass is 376 g/mol. The lowest BCUT2D eigenvalue weighted by molar-refractivity contribution is -0.131. The van der Waals surface area contributed by atoms with Gasteiger partial charge in [0.05, 0.1) is 0 Å². The lowest BCUT2D eigenvalue weighted by Gasteiger charge is -1.97. The molecule has 132 valence electrons. The van der Waals surface area contributed by atoms with E-state index in [1.165, 1.54) is 24.3 Å². The van der Waals surface area contributed by atoms with Gasteiger partial charge in [-0.3, -0.25) is 18.2 Å². The number of carbonyl (C=O) groups is 1. The quantitative estimate of drug-likeness (QED) is 0.204. The molecule has 0 fully saturated rings. The first-order chi connectivity index (χ1) is 10.1. The summed E-state index contributed by atoms with van der Waals surface area (Å²) in [5.41, 5.74) is 0.512. The summed E-state index contributed by atoms with van der Waals surface area (Å²) in [6.45, 7) is 0. The fourth-order valence-electron chi connectivity index (χ4n) is 0.812. The van der Waals surface area contributed by atoms with Crippen LogP contribution < -0.4 is 0 Å². The zero-order valence-corrected chi connectivity index (χ0v) is 12.5. The summed E-state index contributed by atoms with van der Waals surface area (Å²) in [6.07, 6.45) is 2.27. The van der Waals surface area contributed by atoms with E-state index in [1.807, 2.05) is 0 Å². The maximum atomic E-state index is 10.1. The van der Waals surface area contributed by atoms with Gasteiger partial charge in [-0.1, -0.05) is 6.07 Å². The Morgan fingerprint density at radius 2 is 1.26 bits per heavy atom. The van der Waals surface area contributed by atoms with Crippen LogP contribution in [0.5, 0.6) is 11.5 Å². The van der Waals surface area contributed by atoms with Crippen LogP contribution in [0.15, 0.2) is 24.3 Å². The van der Waals surface area contributed by atoms with Gasteiger partial charge in [-0.05, 0) is 23.8 Å². The molecule has 0 radical (unpaired) electrons. The smallest absolute Gasteiger partial charge is 0.394 e. The molecule has 0 aromatic heterocycles. The highest BCUT2D eigenvalue weighted by Gasteiger charge is 1.97. The number of phenolic OH excluding ortho intramolecular Hbond substituents is 2. The summed E-state index contributed by atoms with van der Waals surface area (Å²) in [6, 6.07) is 4.06. The average molecular weight is 376 g/mol. The summed E-state index contributed by atoms with van der Waals surface area (Å²) >= 11 is 0. The molecule has 1 aromatic carbocycles. The highest BCUT2D eigenvalue weighted by atomic mass is 32.3. The van der Waals surface area contributed by atoms with Crippen LogP contribution in [0.2, 0.25) is 0 Å². The first-order valence-electron chi connectivity index (χ1n) is 4.92. The Labute approximate surface area is 130 Å². The molecule has 23 heavy (non-hydrogen) atoms. The molecule has 14 heteroatoms. The van der Waals surface area contributed by atoms with Gasteiger partial charge in [0.25, 0.3) is 0 Å². The number of carboxylic acid groups (broad SMARTS) is 1. The molecule has 7 N–H and O–H groups in total. The zero-order chi connectivity index (χ0) is 18.8. The molecule has 0 aliphatic rings. The van der Waals surface area contributed by atoms with E-state index in [-0.39, 0.29) is 11.5 Å². The highest BCUT2D eigenvalue weighted by Crippen LogP contribution is 2.25. The Kier molecular flexibility index (Phi) is 9.74. The van der Waals surface area contributed by atoms with Crippen molar-refractivity contribution in [1.29, 1.82) is 0 Å². The highest BCUT2D eigenvalue weighted by molar-refractivity contribution is 7.80. The Bertz CT molecular complexity index is 701. The second-order valence-corrected chi connectivity index (χ2v) is 5.11. The van der Waals surface area contributed by atoms with E-state index in [9.17, 15) is 4.79 Å². The third-order valence-corrected chi connectivity index (χ3v) is 1.42. The molecule has 0 saturated carbocycles. The average Bonchev–Trinajstić information content (AvgIpc) is 2.26. The fraction of sp³-hybridized carbons (Fsp3) is 0. The van der Waals surface area contributed by atoms with E-state index in [2.05, 4.69) is 0 Å². The van der Waals surface area contributed by atoms with Crippen LogP contribution in [0.1, 0.15) is 5.56 Å². The van der Waals surface area contributed by atoms with Gasteiger partial charge in [-0.15, -0.1) is 0 Å². The number of hydrogen-bond acceptors (Lipinski definition) is 7. The largest absolute Gasteiger partial charge is 0.504 e. The van der Waals surface area contributed by atoms with Crippen LogP contribution in [0.4, 0.5) is 0 Å². The van der Waals surface area contributed by atoms with Crippen molar-refractivity contribution in [3.8, 4) is 11.5 Å². The lowest BCUT2D eigenvalue weighted by atomic mass is 10.2. The van der Waals surface area contributed by atoms with Gasteiger partial charge >= 0.3 is 26.8 Å². The lowest BCUT2D eigenvalue weighted by Crippen LogP contribution is -1.89. The third-order valence-electron chi connectivity index (χ3n) is 1.42. The van der Waals surface area contributed by atoms with Gasteiger partial charge in [0, 0.05) is 6.08 Å². The van der Waals surface area contributed by atoms with Crippen LogP contribution >= 0.6 is 0 Å². The van der Waals surface area contributed by atoms with E-state index in [4.69, 9.17) is 50.4 Å². The first kappa shape index (κ1) is 23.0. The predicted molar refractivity (Wildman–Crippen MR) is 74.8 cm³/mol. The first-order valence-corrected chi connectivity index (χ1v) is 7.71. The summed E-state index contributed by atoms with van der Waals surface area (Å²) in [4.78, 5) is 10.1. The third kappa shape index (κ3) is 25.1. The molecule has 0 unspecified atom stereocenters. The minimum Gasteiger partial charge on any atom is -0.504 e. The summed E-state index contributed by atoms with van der Waals surface area (Å²) in [5.74, 6) is -1.56. The van der Waals surface area contributed by atoms with Crippen LogP contribution in [-0.4, -0.2) is 56.3 Å². The number of phenols is 2. The second kappa shape index (κ2) is 9.72. The van der Waals surface area contributed by atoms with Crippen LogP contribution in [0, 0.1) is 0 Å². The number of aliphatic carboxylic acids is 1. The van der Waals surface area contributed by atoms with Gasteiger partial charge in [0.1, 0.15) is 0 Å². The van der Waals surface area contributed by atoms with Gasteiger partial charge in [-0.2, -0.15) is 16.8 Å². The predicted octanol–water partition coefficient (Wildman–Crippen LogP) is -0.110. The van der Waals surface area contributed by atoms with Crippen molar-refractivity contribution in [3.63, 3.8) is 0 Å². The summed E-state index contributed by atoms with van der Waals surface area (Å²) in [7, 11) is -9.33. The zero-order valence-electron chi connectivity index (χ0n) is 10.9. The molecule has 0 atom stereocenters. The Morgan fingerprint density at radius 1 is 0.870 bits per heavy atom. The van der Waals surface area contributed by atoms with E-state index in [0.29, 0.717) is 5.56 Å². The van der Waals surface area contributed by atoms with Crippen LogP contribution in [0.3, 0.4) is 0 Å². The Morgan fingerprint density at radius 3 is 1.57 bits per heavy atom. The minimum atomic E-state index is -4.67. The number of carboxylic acids is 1. The van der Waals surface area contributed by atoms with Crippen molar-refractivity contribution in [3.05, 3.63) is 29.8 Å². The number of rotatable bonds is 2. The Balaban J connectivity index is 0. The molecule has 0 aliphatic heterocycles. The van der Waals surface area contributed by atoms with Crippen molar-refractivity contribution in [1.82, 2.24) is 0 Å². The van der Waals surface area contributed by atoms with Gasteiger partial charge in [0.2, 0.25) is 0 Å². The number of benzene rings is 1. The molecule has 0 bridgehead atoms. The summed E-state index contributed by atoms with van der Waals surface area (Å²) in [5, 5.41) is 26.3. The molecule has 0 saturated heterocycles. The maximum Gasteiger partial charge on any atom is 0.394 e. The number of aromatic hydroxyl groups is 2. The van der Waals surface area contributed by atoms with Crippen LogP contribution in [-0.2, 0) is 25.6 Å². The Hall–Kier alpha value is -2.23. The summed E-state index contributed by atoms with van der Waals surface area (Å²) < 4.78 is 63.2. The van der Waals surface area contributed by atoms with Crippen molar-refractivity contribution < 1.29 is 55.2 Å². The van der Waals surface area contributed by atoms with E-state index in [1.54, 1.807) is 0 Å². The SMILES string of the molecule is O=C(O)C=Cc1ccc(O)c(O)c1.O=S(=O)(O)O.O=S(=O)(O)O. The fourth-order valence-corrected chi connectivity index (χ4v) is 0.812. The van der Waals surface area contributed by atoms with E-state index < -0.39 is 26.8 Å². The van der Waals surface area contributed by atoms with Crippen molar-refractivity contribution in [2.45, 2.75) is 0 Å². The normalized spacial score (nSPS) is 11.0. The van der Waals surface area contributed by atoms with Crippen LogP contribution in [0.25, 0.3) is 6.08 Å². The molecule has 0 aliphatic carbocycles. The molecule has 0 spiro atoms. The minimum absolute atomic E-state index is 0.229. The molecule has 1 rings (SSSR count). The maximum absolute atomic E-state index is 10.1. The van der Waals surface area contributed by atoms with Crippen molar-refractivity contribution >= 4 is 32.8 Å². The molecule has 0 amide bonds. The standard InChI is InChI=1S/C9H8O4.2H2O4S/c10-7-3-1-6(5-8(7)11)2-4-9(12)13;2*1-5(2,3)4/h1-5,10-11H,(H,12,13);2*(H2,1,2,3,4). The van der Waals surface area contributed by atoms with Gasteiger partial charge < -0.3 is 15.3 Å². The number of hydrogen-bond donors (Lipinski definition) is 7. The molecule has 1 aromatic rings. The molecular weight excluding hydrogens is 364 g/mol. The van der Waals surface area contributed by atoms with Crippen molar-refractivity contribution in [2.75, 3.05) is 0 Å². The molecule has 0 heterocycles. The molecular formula is C9H12O12S2. The second-order valence-electron chi connectivity index (χ2n) is 3.32. The topological polar surface area (TPSA) is 227 Å². The van der Waals surface area contributed by atoms with Crippen molar-refractivity contribution in [2.24, 2.45) is 0 Å².